The molecule has 0 saturated carbocycles. The average molecular weight is 1520 g/mol. The van der Waals surface area contributed by atoms with Crippen molar-refractivity contribution in [2.75, 3.05) is 123 Å². The molecule has 4 atom stereocenters. The summed E-state index contributed by atoms with van der Waals surface area (Å²) < 4.78 is 42.9. The average Bonchev–Trinajstić information content (AvgIpc) is 0.832. The first-order valence-electron chi connectivity index (χ1n) is 41.0. The Kier molecular flexibility index (Phi) is 55.1. The number of esters is 5. The van der Waals surface area contributed by atoms with E-state index < -0.39 is 28.8 Å². The summed E-state index contributed by atoms with van der Waals surface area (Å²) in [7, 11) is -0.717. The van der Waals surface area contributed by atoms with Crippen LogP contribution in [0.3, 0.4) is 0 Å². The summed E-state index contributed by atoms with van der Waals surface area (Å²) in [6.07, 6.45) is 20.1. The van der Waals surface area contributed by atoms with Gasteiger partial charge < -0.3 is 47.6 Å². The fourth-order valence-electron chi connectivity index (χ4n) is 12.1. The van der Waals surface area contributed by atoms with Crippen LogP contribution in [0.2, 0.25) is 36.3 Å². The van der Waals surface area contributed by atoms with Crippen LogP contribution in [-0.2, 0) is 56.5 Å². The lowest BCUT2D eigenvalue weighted by Crippen LogP contribution is -2.50. The third kappa shape index (κ3) is 47.9. The van der Waals surface area contributed by atoms with E-state index in [-0.39, 0.29) is 52.1 Å². The van der Waals surface area contributed by atoms with E-state index >= 15 is 0 Å². The van der Waals surface area contributed by atoms with Crippen LogP contribution < -0.4 is 0 Å². The molecule has 102 heavy (non-hydrogen) atoms. The summed E-state index contributed by atoms with van der Waals surface area (Å²) in [5.41, 5.74) is 0. The van der Waals surface area contributed by atoms with Gasteiger partial charge >= 0.3 is 29.8 Å². The van der Waals surface area contributed by atoms with Gasteiger partial charge in [-0.3, -0.25) is 38.7 Å². The van der Waals surface area contributed by atoms with Crippen molar-refractivity contribution in [3.8, 4) is 0 Å². The number of hydrogen-bond donors (Lipinski definition) is 2. The first-order chi connectivity index (χ1) is 48.4. The lowest BCUT2D eigenvalue weighted by atomic mass is 10.1. The maximum Gasteiger partial charge on any atom is 0.305 e. The molecule has 22 heteroatoms. The Morgan fingerprint density at radius 2 is 0.706 bits per heavy atom. The van der Waals surface area contributed by atoms with Crippen molar-refractivity contribution in [1.82, 2.24) is 19.6 Å². The van der Waals surface area contributed by atoms with Crippen LogP contribution in [0.5, 0.6) is 0 Å². The van der Waals surface area contributed by atoms with Crippen LogP contribution in [0.15, 0.2) is 0 Å². The zero-order valence-electron chi connectivity index (χ0n) is 68.8. The number of unbranched alkanes of at least 4 members (excludes halogenated alkanes) is 5. The molecule has 0 aromatic heterocycles. The summed E-state index contributed by atoms with van der Waals surface area (Å²) >= 11 is 0. The van der Waals surface area contributed by atoms with Gasteiger partial charge in [0.25, 0.3) is 0 Å². The predicted octanol–water partition coefficient (Wildman–Crippen LogP) is 17.4. The molecule has 0 radical (unpaired) electrons. The molecule has 4 unspecified atom stereocenters. The quantitative estimate of drug-likeness (QED) is 0.0191. The Morgan fingerprint density at radius 3 is 1.06 bits per heavy atom. The van der Waals surface area contributed by atoms with Crippen molar-refractivity contribution in [2.24, 2.45) is 23.7 Å². The van der Waals surface area contributed by atoms with Crippen molar-refractivity contribution in [1.29, 1.82) is 0 Å². The van der Waals surface area contributed by atoms with Gasteiger partial charge in [0.05, 0.1) is 50.8 Å². The molecule has 18 nitrogen and oxygen atoms in total. The van der Waals surface area contributed by atoms with E-state index in [1.807, 2.05) is 21.6 Å². The van der Waals surface area contributed by atoms with Crippen molar-refractivity contribution >= 4 is 68.1 Å². The third-order valence-electron chi connectivity index (χ3n) is 22.1. The minimum atomic E-state index is -2.23. The van der Waals surface area contributed by atoms with E-state index in [0.717, 1.165) is 166 Å². The summed E-state index contributed by atoms with van der Waals surface area (Å²) in [6.45, 7) is 51.6. The van der Waals surface area contributed by atoms with Gasteiger partial charge in [-0.2, -0.15) is 0 Å². The molecular formula is C80H158N4O14S2Si2. The molecule has 1 rings (SSSR count). The van der Waals surface area contributed by atoms with Crippen LogP contribution in [0.1, 0.15) is 277 Å². The number of carbonyl (C=O) groups is 5. The summed E-state index contributed by atoms with van der Waals surface area (Å²) in [6, 6.07) is 0. The first kappa shape index (κ1) is 98.2. The Morgan fingerprint density at radius 1 is 0.392 bits per heavy atom. The van der Waals surface area contributed by atoms with Crippen LogP contribution in [-0.4, -0.2) is 224 Å². The molecule has 1 aliphatic rings. The molecule has 0 amide bonds. The molecule has 0 bridgehead atoms. The van der Waals surface area contributed by atoms with Crippen molar-refractivity contribution < 1.29 is 66.7 Å². The monoisotopic (exact) mass is 1520 g/mol. The molecule has 0 aromatic carbocycles. The molecule has 602 valence electrons. The third-order valence-corrected chi connectivity index (χ3v) is 33.6. The van der Waals surface area contributed by atoms with Crippen molar-refractivity contribution in [2.45, 2.75) is 337 Å². The molecule has 0 spiro atoms. The van der Waals surface area contributed by atoms with Gasteiger partial charge in [-0.1, -0.05) is 196 Å². The van der Waals surface area contributed by atoms with Crippen LogP contribution in [0.4, 0.5) is 0 Å². The molecule has 1 saturated heterocycles. The maximum absolute atomic E-state index is 13.6. The topological polar surface area (TPSA) is 203 Å². The summed E-state index contributed by atoms with van der Waals surface area (Å²) in [5.74, 6) is 2.75. The Hall–Kier alpha value is -1.84. The summed E-state index contributed by atoms with van der Waals surface area (Å²) in [4.78, 5) is 73.6. The normalized spacial score (nSPS) is 15.1. The number of ether oxygens (including phenoxy) is 5. The van der Waals surface area contributed by atoms with Crippen LogP contribution in [0, 0.1) is 23.7 Å². The fourth-order valence-corrected chi connectivity index (χ4v) is 17.0. The highest BCUT2D eigenvalue weighted by atomic mass is 33.1. The number of aliphatic hydroxyl groups is 2. The zero-order chi connectivity index (χ0) is 76.4. The minimum Gasteiger partial charge on any atom is -0.465 e. The highest BCUT2D eigenvalue weighted by molar-refractivity contribution is 8.76. The fraction of sp³-hybridized carbons (Fsp3) is 0.938. The number of piperazine rings is 1. The maximum atomic E-state index is 13.6. The van der Waals surface area contributed by atoms with Gasteiger partial charge in [-0.25, -0.2) is 0 Å². The molecule has 0 aromatic rings. The Bertz CT molecular complexity index is 2020. The number of aliphatic hydroxyl groups excluding tert-OH is 2. The standard InChI is InChI=1S/C80H158N4O14S2Si2/c1-19-66(20-2)62-93-75(88)42-31-27-38-70(85)58-84(59-71(86)39-28-32-43-76(89)94-63-67(21-3)22-4)54-57-100-99-56-36-35-47-81-49-51-82(52-50-81)53-55-92-74(87)46-37-48-83(60-72(97-101(15,16)79(9,10)11)40-29-33-44-77(90)95-64-68(23-5)24-6)61-73(98-102(17,18)80(12,13)14)41-30-34-45-78(91)96-65-69(25-7)26-8/h66-73,85-86H,19-65H2,1-18H3. The van der Waals surface area contributed by atoms with Crippen molar-refractivity contribution in [3.63, 3.8) is 0 Å². The number of rotatable bonds is 64. The smallest absolute Gasteiger partial charge is 0.305 e. The lowest BCUT2D eigenvalue weighted by molar-refractivity contribution is -0.146. The zero-order valence-corrected chi connectivity index (χ0v) is 72.4. The molecule has 1 aliphatic heterocycles. The lowest BCUT2D eigenvalue weighted by Gasteiger charge is -2.42. The predicted molar refractivity (Wildman–Crippen MR) is 430 cm³/mol. The Labute approximate surface area is 634 Å². The highest BCUT2D eigenvalue weighted by Crippen LogP contribution is 2.40. The number of carbonyl (C=O) groups excluding carboxylic acids is 5. The van der Waals surface area contributed by atoms with Gasteiger partial charge in [0.15, 0.2) is 16.6 Å². The number of nitrogens with zero attached hydrogens (tertiary/aromatic N) is 4. The van der Waals surface area contributed by atoms with Gasteiger partial charge in [-0.05, 0) is 144 Å². The summed E-state index contributed by atoms with van der Waals surface area (Å²) in [5, 5.41) is 22.2. The largest absolute Gasteiger partial charge is 0.465 e. The second kappa shape index (κ2) is 57.3. The van der Waals surface area contributed by atoms with E-state index in [2.05, 4.69) is 143 Å². The van der Waals surface area contributed by atoms with Crippen LogP contribution >= 0.6 is 21.6 Å². The minimum absolute atomic E-state index is 0.00319. The van der Waals surface area contributed by atoms with Gasteiger partial charge in [0.1, 0.15) is 6.61 Å². The van der Waals surface area contributed by atoms with E-state index in [9.17, 15) is 34.2 Å². The van der Waals surface area contributed by atoms with Crippen molar-refractivity contribution in [3.05, 3.63) is 0 Å². The van der Waals surface area contributed by atoms with Crippen LogP contribution in [0.25, 0.3) is 0 Å². The van der Waals surface area contributed by atoms with E-state index in [0.29, 0.717) is 160 Å². The number of hydrogen-bond acceptors (Lipinski definition) is 20. The Balaban J connectivity index is 2.90. The second-order valence-electron chi connectivity index (χ2n) is 32.6. The van der Waals surface area contributed by atoms with E-state index in [4.69, 9.17) is 32.5 Å². The first-order valence-corrected chi connectivity index (χ1v) is 49.3. The van der Waals surface area contributed by atoms with E-state index in [1.165, 1.54) is 0 Å². The molecule has 2 N–H and O–H groups in total. The van der Waals surface area contributed by atoms with E-state index in [1.54, 1.807) is 0 Å². The van der Waals surface area contributed by atoms with Gasteiger partial charge in [0.2, 0.25) is 0 Å². The second-order valence-corrected chi connectivity index (χ2v) is 44.8. The van der Waals surface area contributed by atoms with Gasteiger partial charge in [0, 0.05) is 109 Å². The molecule has 1 fully saturated rings. The van der Waals surface area contributed by atoms with Gasteiger partial charge in [-0.15, -0.1) is 0 Å². The molecular weight excluding hydrogens is 1360 g/mol. The molecule has 1 heterocycles. The highest BCUT2D eigenvalue weighted by Gasteiger charge is 2.41. The SMILES string of the molecule is CCC(CC)COC(=O)CCCCC(O)CN(CCSSCCCCN1CCN(CCOC(=O)CCCN(CC(CCCCC(=O)OCC(CC)CC)O[Si](C)(C)C(C)(C)C)CC(CCCCC(=O)OCC(CC)CC)O[Si](C)(C)C(C)(C)C)CC1)CC(O)CCCCC(=O)OCC(CC)CC. The molecule has 0 aliphatic carbocycles.